The molecule has 0 aromatic heterocycles. The topological polar surface area (TPSA) is 67.2 Å². The molecule has 0 aliphatic heterocycles. The minimum atomic E-state index is -4.60. The largest absolute Gasteiger partial charge is 0.465 e. The van der Waals surface area contributed by atoms with E-state index in [4.69, 9.17) is 5.26 Å². The predicted octanol–water partition coefficient (Wildman–Crippen LogP) is 2.77. The van der Waals surface area contributed by atoms with Gasteiger partial charge in [0.1, 0.15) is 6.07 Å². The van der Waals surface area contributed by atoms with E-state index < -0.39 is 39.3 Å². The highest BCUT2D eigenvalue weighted by Gasteiger charge is 2.32. The van der Waals surface area contributed by atoms with Gasteiger partial charge >= 0.3 is 11.5 Å². The summed E-state index contributed by atoms with van der Waals surface area (Å²) in [5.74, 6) is -0.901. The van der Waals surface area contributed by atoms with Crippen molar-refractivity contribution in [2.24, 2.45) is 0 Å². The fourth-order valence-electron chi connectivity index (χ4n) is 1.33. The molecule has 0 aliphatic rings. The van der Waals surface area contributed by atoms with Crippen LogP contribution in [0.2, 0.25) is 0 Å². The molecule has 0 N–H and O–H groups in total. The fourth-order valence-corrected chi connectivity index (χ4v) is 1.98. The highest BCUT2D eigenvalue weighted by molar-refractivity contribution is 8.00. The van der Waals surface area contributed by atoms with E-state index in [1.807, 2.05) is 0 Å². The van der Waals surface area contributed by atoms with Crippen LogP contribution in [0.25, 0.3) is 0 Å². The van der Waals surface area contributed by atoms with Crippen LogP contribution in [-0.2, 0) is 4.74 Å². The van der Waals surface area contributed by atoms with Crippen LogP contribution >= 0.6 is 11.8 Å². The van der Waals surface area contributed by atoms with Crippen molar-refractivity contribution < 1.29 is 27.5 Å². The van der Waals surface area contributed by atoms with E-state index in [0.717, 1.165) is 19.2 Å². The van der Waals surface area contributed by atoms with Gasteiger partial charge in [-0.25, -0.2) is 4.79 Å². The zero-order chi connectivity index (χ0) is 14.6. The number of nitrogens with zero attached hydrogens (tertiary/aromatic N) is 1. The van der Waals surface area contributed by atoms with E-state index >= 15 is 0 Å². The molecule has 1 aromatic carbocycles. The number of aldehydes is 1. The van der Waals surface area contributed by atoms with E-state index in [9.17, 15) is 22.8 Å². The summed E-state index contributed by atoms with van der Waals surface area (Å²) >= 11 is -0.524. The Morgan fingerprint density at radius 2 is 2.11 bits per heavy atom. The molecule has 1 aromatic rings. The lowest BCUT2D eigenvalue weighted by molar-refractivity contribution is -0.0328. The Kier molecular flexibility index (Phi) is 4.56. The number of rotatable bonds is 3. The second kappa shape index (κ2) is 5.75. The van der Waals surface area contributed by atoms with E-state index in [-0.39, 0.29) is 11.8 Å². The van der Waals surface area contributed by atoms with Crippen molar-refractivity contribution in [2.75, 3.05) is 7.11 Å². The average molecular weight is 289 g/mol. The molecule has 100 valence electrons. The van der Waals surface area contributed by atoms with E-state index in [2.05, 4.69) is 4.74 Å². The highest BCUT2D eigenvalue weighted by Crippen LogP contribution is 2.39. The van der Waals surface area contributed by atoms with Crippen molar-refractivity contribution >= 4 is 24.0 Å². The van der Waals surface area contributed by atoms with Gasteiger partial charge in [-0.3, -0.25) is 4.79 Å². The Balaban J connectivity index is 3.44. The van der Waals surface area contributed by atoms with Crippen molar-refractivity contribution in [1.29, 1.82) is 5.26 Å². The van der Waals surface area contributed by atoms with Crippen molar-refractivity contribution in [2.45, 2.75) is 10.4 Å². The van der Waals surface area contributed by atoms with Crippen molar-refractivity contribution in [3.8, 4) is 6.07 Å². The third-order valence-corrected chi connectivity index (χ3v) is 2.86. The highest BCUT2D eigenvalue weighted by atomic mass is 32.2. The molecule has 0 atom stereocenters. The number of esters is 1. The Morgan fingerprint density at radius 1 is 1.47 bits per heavy atom. The second-order valence-electron chi connectivity index (χ2n) is 3.17. The van der Waals surface area contributed by atoms with Gasteiger partial charge in [-0.2, -0.15) is 18.4 Å². The van der Waals surface area contributed by atoms with Crippen LogP contribution in [0.5, 0.6) is 0 Å². The Labute approximate surface area is 110 Å². The molecule has 19 heavy (non-hydrogen) atoms. The first-order chi connectivity index (χ1) is 8.84. The van der Waals surface area contributed by atoms with Crippen LogP contribution in [0.4, 0.5) is 13.2 Å². The number of benzene rings is 1. The van der Waals surface area contributed by atoms with Gasteiger partial charge in [-0.05, 0) is 23.9 Å². The molecule has 0 saturated heterocycles. The van der Waals surface area contributed by atoms with Gasteiger partial charge in [0.15, 0.2) is 6.29 Å². The summed E-state index contributed by atoms with van der Waals surface area (Å²) in [6.07, 6.45) is 0.158. The fraction of sp³-hybridized carbons (Fsp3) is 0.182. The summed E-state index contributed by atoms with van der Waals surface area (Å²) in [5, 5.41) is 8.86. The SMILES string of the molecule is COC(=O)c1ccc(SC(F)(F)F)c(C#N)c1C=O. The maximum atomic E-state index is 12.3. The molecule has 4 nitrogen and oxygen atoms in total. The number of nitriles is 1. The number of alkyl halides is 3. The van der Waals surface area contributed by atoms with Gasteiger partial charge in [0.2, 0.25) is 0 Å². The van der Waals surface area contributed by atoms with E-state index in [1.165, 1.54) is 6.07 Å². The minimum absolute atomic E-state index is 0.158. The molecule has 1 rings (SSSR count). The maximum absolute atomic E-state index is 12.3. The van der Waals surface area contributed by atoms with Crippen LogP contribution in [-0.4, -0.2) is 24.9 Å². The van der Waals surface area contributed by atoms with E-state index in [0.29, 0.717) is 0 Å². The summed E-state index contributed by atoms with van der Waals surface area (Å²) < 4.78 is 41.3. The van der Waals surface area contributed by atoms with Crippen LogP contribution in [0.3, 0.4) is 0 Å². The molecule has 0 unspecified atom stereocenters. The number of hydrogen-bond donors (Lipinski definition) is 0. The Morgan fingerprint density at radius 3 is 2.53 bits per heavy atom. The molecule has 0 radical (unpaired) electrons. The van der Waals surface area contributed by atoms with Gasteiger partial charge < -0.3 is 4.74 Å². The molecule has 0 amide bonds. The number of carbonyl (C=O) groups is 2. The predicted molar refractivity (Wildman–Crippen MR) is 59.8 cm³/mol. The third kappa shape index (κ3) is 3.48. The van der Waals surface area contributed by atoms with E-state index in [1.54, 1.807) is 0 Å². The standard InChI is InChI=1S/C11H6F3NO3S/c1-18-10(17)6-2-3-9(19-11(12,13)14)7(4-15)8(6)5-16/h2-3,5H,1H3. The number of carbonyl (C=O) groups excluding carboxylic acids is 2. The number of hydrogen-bond acceptors (Lipinski definition) is 5. The molecular formula is C11H6F3NO3S. The Bertz CT molecular complexity index is 564. The molecule has 0 fully saturated rings. The first kappa shape index (κ1) is 15.0. The summed E-state index contributed by atoms with van der Waals surface area (Å²) in [4.78, 5) is 21.8. The summed E-state index contributed by atoms with van der Waals surface area (Å²) in [6, 6.07) is 3.47. The first-order valence-corrected chi connectivity index (χ1v) is 5.52. The van der Waals surface area contributed by atoms with Crippen LogP contribution in [0.15, 0.2) is 17.0 Å². The van der Waals surface area contributed by atoms with Gasteiger partial charge in [0.05, 0.1) is 18.2 Å². The monoisotopic (exact) mass is 289 g/mol. The average Bonchev–Trinajstić information content (AvgIpc) is 2.35. The lowest BCUT2D eigenvalue weighted by Crippen LogP contribution is -2.09. The van der Waals surface area contributed by atoms with Gasteiger partial charge in [-0.15, -0.1) is 0 Å². The number of ether oxygens (including phenoxy) is 1. The maximum Gasteiger partial charge on any atom is 0.446 e. The summed E-state index contributed by atoms with van der Waals surface area (Å²) in [6.45, 7) is 0. The van der Waals surface area contributed by atoms with Crippen molar-refractivity contribution in [3.63, 3.8) is 0 Å². The zero-order valence-electron chi connectivity index (χ0n) is 9.45. The van der Waals surface area contributed by atoms with Crippen LogP contribution < -0.4 is 0 Å². The molecule has 0 spiro atoms. The van der Waals surface area contributed by atoms with Gasteiger partial charge in [-0.1, -0.05) is 0 Å². The van der Waals surface area contributed by atoms with Crippen molar-refractivity contribution in [3.05, 3.63) is 28.8 Å². The molecular weight excluding hydrogens is 283 g/mol. The van der Waals surface area contributed by atoms with Gasteiger partial charge in [0, 0.05) is 10.5 Å². The van der Waals surface area contributed by atoms with Crippen LogP contribution in [0.1, 0.15) is 26.3 Å². The number of thioether (sulfide) groups is 1. The summed E-state index contributed by atoms with van der Waals surface area (Å²) in [5.41, 5.74) is -5.76. The first-order valence-electron chi connectivity index (χ1n) is 4.70. The normalized spacial score (nSPS) is 10.7. The van der Waals surface area contributed by atoms with Gasteiger partial charge in [0.25, 0.3) is 0 Å². The lowest BCUT2D eigenvalue weighted by Gasteiger charge is -2.10. The minimum Gasteiger partial charge on any atom is -0.465 e. The van der Waals surface area contributed by atoms with Crippen LogP contribution in [0, 0.1) is 11.3 Å². The smallest absolute Gasteiger partial charge is 0.446 e. The third-order valence-electron chi connectivity index (χ3n) is 2.07. The molecule has 8 heteroatoms. The molecule has 0 aliphatic carbocycles. The summed E-state index contributed by atoms with van der Waals surface area (Å²) in [7, 11) is 1.06. The lowest BCUT2D eigenvalue weighted by atomic mass is 10.0. The second-order valence-corrected chi connectivity index (χ2v) is 4.28. The molecule has 0 bridgehead atoms. The molecule has 0 saturated carbocycles. The quantitative estimate of drug-likeness (QED) is 0.486. The Hall–Kier alpha value is -2.01. The number of methoxy groups -OCH3 is 1. The number of halogens is 3. The zero-order valence-corrected chi connectivity index (χ0v) is 10.3. The van der Waals surface area contributed by atoms with Crippen molar-refractivity contribution in [1.82, 2.24) is 0 Å². The molecule has 0 heterocycles.